The van der Waals surface area contributed by atoms with Crippen LogP contribution in [-0.4, -0.2) is 23.4 Å². The van der Waals surface area contributed by atoms with Crippen LogP contribution < -0.4 is 0 Å². The van der Waals surface area contributed by atoms with Gasteiger partial charge in [-0.05, 0) is 25.5 Å². The van der Waals surface area contributed by atoms with Crippen LogP contribution >= 0.6 is 0 Å². The van der Waals surface area contributed by atoms with E-state index in [2.05, 4.69) is 4.57 Å². The summed E-state index contributed by atoms with van der Waals surface area (Å²) >= 11 is 0. The predicted octanol–water partition coefficient (Wildman–Crippen LogP) is 1.24. The van der Waals surface area contributed by atoms with Crippen molar-refractivity contribution in [3.8, 4) is 0 Å². The topological polar surface area (TPSA) is 34.4 Å². The van der Waals surface area contributed by atoms with Crippen LogP contribution in [0.5, 0.6) is 0 Å². The lowest BCUT2D eigenvalue weighted by molar-refractivity contribution is 0.186. The Morgan fingerprint density at radius 3 is 2.62 bits per heavy atom. The van der Waals surface area contributed by atoms with Crippen LogP contribution in [0.15, 0.2) is 6.07 Å². The van der Waals surface area contributed by atoms with Crippen molar-refractivity contribution in [1.29, 1.82) is 0 Å². The summed E-state index contributed by atoms with van der Waals surface area (Å²) < 4.78 is 7.18. The number of nitrogens with zero attached hydrogens (tertiary/aromatic N) is 1. The Kier molecular flexibility index (Phi) is 3.51. The molecule has 0 saturated carbocycles. The van der Waals surface area contributed by atoms with Crippen molar-refractivity contribution in [2.45, 2.75) is 27.0 Å². The Morgan fingerprint density at radius 1 is 1.46 bits per heavy atom. The first-order valence-corrected chi connectivity index (χ1v) is 4.46. The molecule has 0 fully saturated rings. The maximum atomic E-state index is 9.04. The fraction of sp³-hybridized carbons (Fsp3) is 0.600. The van der Waals surface area contributed by atoms with E-state index < -0.39 is 0 Å². The summed E-state index contributed by atoms with van der Waals surface area (Å²) in [7, 11) is 1.70. The molecule has 1 heterocycles. The Hall–Kier alpha value is -0.800. The van der Waals surface area contributed by atoms with E-state index >= 15 is 0 Å². The molecule has 3 heteroatoms. The molecule has 0 aliphatic rings. The third-order valence-electron chi connectivity index (χ3n) is 2.37. The van der Waals surface area contributed by atoms with Crippen LogP contribution in [0.1, 0.15) is 17.0 Å². The summed E-state index contributed by atoms with van der Waals surface area (Å²) in [6.07, 6.45) is 0. The highest BCUT2D eigenvalue weighted by molar-refractivity contribution is 5.25. The molecule has 1 rings (SSSR count). The van der Waals surface area contributed by atoms with Gasteiger partial charge in [0.2, 0.25) is 0 Å². The number of hydrogen-bond acceptors (Lipinski definition) is 2. The zero-order valence-electron chi connectivity index (χ0n) is 8.50. The molecule has 0 amide bonds. The van der Waals surface area contributed by atoms with Gasteiger partial charge >= 0.3 is 0 Å². The van der Waals surface area contributed by atoms with Crippen molar-refractivity contribution >= 4 is 0 Å². The molecule has 0 aliphatic heterocycles. The van der Waals surface area contributed by atoms with Gasteiger partial charge in [-0.1, -0.05) is 0 Å². The van der Waals surface area contributed by atoms with E-state index in [1.54, 1.807) is 7.11 Å². The van der Waals surface area contributed by atoms with Gasteiger partial charge < -0.3 is 14.4 Å². The van der Waals surface area contributed by atoms with Gasteiger partial charge in [0.05, 0.1) is 13.2 Å². The minimum atomic E-state index is 0.118. The van der Waals surface area contributed by atoms with E-state index in [4.69, 9.17) is 9.84 Å². The van der Waals surface area contributed by atoms with Crippen LogP contribution in [0.4, 0.5) is 0 Å². The van der Waals surface area contributed by atoms with Crippen molar-refractivity contribution in [3.05, 3.63) is 23.0 Å². The molecule has 74 valence electrons. The van der Waals surface area contributed by atoms with Gasteiger partial charge in [0.15, 0.2) is 0 Å². The van der Waals surface area contributed by atoms with E-state index in [1.165, 1.54) is 5.69 Å². The second-order valence-electron chi connectivity index (χ2n) is 3.20. The summed E-state index contributed by atoms with van der Waals surface area (Å²) in [5.74, 6) is 0. The third kappa shape index (κ3) is 2.11. The fourth-order valence-electron chi connectivity index (χ4n) is 1.56. The van der Waals surface area contributed by atoms with Crippen LogP contribution in [0.3, 0.4) is 0 Å². The number of ether oxygens (including phenoxy) is 1. The molecule has 1 aromatic rings. The second kappa shape index (κ2) is 4.44. The molecular formula is C10H17NO2. The van der Waals surface area contributed by atoms with Gasteiger partial charge in [0.1, 0.15) is 0 Å². The van der Waals surface area contributed by atoms with Gasteiger partial charge in [0.25, 0.3) is 0 Å². The standard InChI is InChI=1S/C10H17NO2/c1-8-6-10(7-12)9(2)11(8)4-5-13-3/h6,12H,4-5,7H2,1-3H3. The van der Waals surface area contributed by atoms with Gasteiger partial charge in [-0.15, -0.1) is 0 Å². The van der Waals surface area contributed by atoms with E-state index in [0.717, 1.165) is 17.8 Å². The Morgan fingerprint density at radius 2 is 2.15 bits per heavy atom. The monoisotopic (exact) mass is 183 g/mol. The molecule has 0 aromatic carbocycles. The molecule has 0 saturated heterocycles. The van der Waals surface area contributed by atoms with Crippen molar-refractivity contribution < 1.29 is 9.84 Å². The van der Waals surface area contributed by atoms with Crippen LogP contribution in [0, 0.1) is 13.8 Å². The van der Waals surface area contributed by atoms with Crippen molar-refractivity contribution in [2.24, 2.45) is 0 Å². The SMILES string of the molecule is COCCn1c(C)cc(CO)c1C. The lowest BCUT2D eigenvalue weighted by Gasteiger charge is -2.08. The molecule has 0 bridgehead atoms. The maximum absolute atomic E-state index is 9.04. The molecule has 13 heavy (non-hydrogen) atoms. The molecule has 0 aliphatic carbocycles. The molecule has 0 atom stereocenters. The van der Waals surface area contributed by atoms with Crippen molar-refractivity contribution in [1.82, 2.24) is 4.57 Å². The van der Waals surface area contributed by atoms with E-state index in [9.17, 15) is 0 Å². The third-order valence-corrected chi connectivity index (χ3v) is 2.37. The van der Waals surface area contributed by atoms with Crippen LogP contribution in [0.2, 0.25) is 0 Å². The lowest BCUT2D eigenvalue weighted by Crippen LogP contribution is -2.07. The van der Waals surface area contributed by atoms with E-state index in [0.29, 0.717) is 6.61 Å². The number of aryl methyl sites for hydroxylation is 1. The second-order valence-corrected chi connectivity index (χ2v) is 3.20. The largest absolute Gasteiger partial charge is 0.392 e. The first kappa shape index (κ1) is 10.3. The summed E-state index contributed by atoms with van der Waals surface area (Å²) in [5.41, 5.74) is 3.32. The number of hydrogen-bond donors (Lipinski definition) is 1. The minimum absolute atomic E-state index is 0.118. The molecule has 1 aromatic heterocycles. The molecule has 0 unspecified atom stereocenters. The lowest BCUT2D eigenvalue weighted by atomic mass is 10.2. The first-order chi connectivity index (χ1) is 6.20. The number of methoxy groups -OCH3 is 1. The highest BCUT2D eigenvalue weighted by Crippen LogP contribution is 2.14. The number of aliphatic hydroxyl groups is 1. The quantitative estimate of drug-likeness (QED) is 0.762. The maximum Gasteiger partial charge on any atom is 0.0699 e. The van der Waals surface area contributed by atoms with Gasteiger partial charge in [0, 0.05) is 25.0 Å². The van der Waals surface area contributed by atoms with Crippen molar-refractivity contribution in [3.63, 3.8) is 0 Å². The molecule has 1 N–H and O–H groups in total. The average Bonchev–Trinajstić information content (AvgIpc) is 2.39. The van der Waals surface area contributed by atoms with Crippen LogP contribution in [0.25, 0.3) is 0 Å². The predicted molar refractivity (Wildman–Crippen MR) is 51.7 cm³/mol. The minimum Gasteiger partial charge on any atom is -0.392 e. The number of aromatic nitrogens is 1. The first-order valence-electron chi connectivity index (χ1n) is 4.46. The fourth-order valence-corrected chi connectivity index (χ4v) is 1.56. The number of rotatable bonds is 4. The zero-order valence-corrected chi connectivity index (χ0v) is 8.50. The normalized spacial score (nSPS) is 10.8. The average molecular weight is 183 g/mol. The zero-order chi connectivity index (χ0) is 9.84. The number of aliphatic hydroxyl groups excluding tert-OH is 1. The molecule has 3 nitrogen and oxygen atoms in total. The highest BCUT2D eigenvalue weighted by atomic mass is 16.5. The Balaban J connectivity index is 2.85. The summed E-state index contributed by atoms with van der Waals surface area (Å²) in [4.78, 5) is 0. The van der Waals surface area contributed by atoms with Gasteiger partial charge in [-0.25, -0.2) is 0 Å². The Labute approximate surface area is 78.9 Å². The van der Waals surface area contributed by atoms with E-state index in [1.807, 2.05) is 19.9 Å². The summed E-state index contributed by atoms with van der Waals surface area (Å²) in [6.45, 7) is 5.75. The smallest absolute Gasteiger partial charge is 0.0699 e. The Bertz CT molecular complexity index is 279. The molecular weight excluding hydrogens is 166 g/mol. The summed E-state index contributed by atoms with van der Waals surface area (Å²) in [5, 5.41) is 9.04. The summed E-state index contributed by atoms with van der Waals surface area (Å²) in [6, 6.07) is 2.02. The molecule has 0 radical (unpaired) electrons. The van der Waals surface area contributed by atoms with Crippen molar-refractivity contribution in [2.75, 3.05) is 13.7 Å². The van der Waals surface area contributed by atoms with Gasteiger partial charge in [-0.3, -0.25) is 0 Å². The van der Waals surface area contributed by atoms with E-state index in [-0.39, 0.29) is 6.61 Å². The van der Waals surface area contributed by atoms with Gasteiger partial charge in [-0.2, -0.15) is 0 Å². The van der Waals surface area contributed by atoms with Crippen LogP contribution in [-0.2, 0) is 17.9 Å². The molecule has 0 spiro atoms. The highest BCUT2D eigenvalue weighted by Gasteiger charge is 2.06.